The van der Waals surface area contributed by atoms with E-state index >= 15 is 0 Å². The van der Waals surface area contributed by atoms with Crippen LogP contribution in [0.2, 0.25) is 0 Å². The number of methoxy groups -OCH3 is 5. The van der Waals surface area contributed by atoms with Crippen molar-refractivity contribution in [3.05, 3.63) is 105 Å². The van der Waals surface area contributed by atoms with Gasteiger partial charge in [0.2, 0.25) is 0 Å². The molecule has 0 aliphatic rings. The van der Waals surface area contributed by atoms with Crippen molar-refractivity contribution in [1.29, 1.82) is 0 Å². The van der Waals surface area contributed by atoms with Gasteiger partial charge in [-0.1, -0.05) is 29.5 Å². The fourth-order valence-electron chi connectivity index (χ4n) is 6.04. The molecule has 3 aromatic carbocycles. The van der Waals surface area contributed by atoms with Crippen LogP contribution in [0.1, 0.15) is 32.6 Å². The molecule has 0 radical (unpaired) electrons. The lowest BCUT2D eigenvalue weighted by Crippen LogP contribution is -2.20. The zero-order valence-corrected chi connectivity index (χ0v) is 35.4. The number of aryl methyl sites for hydroxylation is 4. The monoisotopic (exact) mass is 808 g/mol. The molecule has 0 spiro atoms. The summed E-state index contributed by atoms with van der Waals surface area (Å²) in [4.78, 5) is 52.2. The first-order valence-corrected chi connectivity index (χ1v) is 19.1. The van der Waals surface area contributed by atoms with Crippen LogP contribution < -0.4 is 29.8 Å². The van der Waals surface area contributed by atoms with E-state index in [2.05, 4.69) is 49.0 Å². The first kappa shape index (κ1) is 44.2. The van der Waals surface area contributed by atoms with Crippen LogP contribution in [-0.2, 0) is 23.0 Å². The number of thioether (sulfide) groups is 1. The van der Waals surface area contributed by atoms with Crippen molar-refractivity contribution < 1.29 is 33.3 Å². The molecule has 0 saturated heterocycles. The third-order valence-corrected chi connectivity index (χ3v) is 9.40. The molecule has 14 nitrogen and oxygen atoms in total. The minimum Gasteiger partial charge on any atom is -0.497 e. The number of nitrogens with one attached hydrogen (secondary N) is 1. The van der Waals surface area contributed by atoms with Crippen LogP contribution in [0.4, 0.5) is 5.82 Å². The van der Waals surface area contributed by atoms with Gasteiger partial charge < -0.3 is 29.0 Å². The van der Waals surface area contributed by atoms with Gasteiger partial charge in [0.15, 0.2) is 17.3 Å². The maximum atomic E-state index is 12.8. The zero-order chi connectivity index (χ0) is 42.5. The Labute approximate surface area is 341 Å². The summed E-state index contributed by atoms with van der Waals surface area (Å²) in [5.41, 5.74) is 7.53. The molecule has 0 atom stereocenters. The van der Waals surface area contributed by atoms with E-state index in [4.69, 9.17) is 18.9 Å². The maximum Gasteiger partial charge on any atom is 0.309 e. The Morgan fingerprint density at radius 1 is 0.793 bits per heavy atom. The van der Waals surface area contributed by atoms with E-state index in [1.165, 1.54) is 29.0 Å². The van der Waals surface area contributed by atoms with Gasteiger partial charge in [-0.05, 0) is 79.6 Å². The number of esters is 1. The molecule has 0 amide bonds. The minimum atomic E-state index is -0.287. The van der Waals surface area contributed by atoms with Crippen molar-refractivity contribution >= 4 is 40.9 Å². The summed E-state index contributed by atoms with van der Waals surface area (Å²) in [6, 6.07) is 16.7. The second-order valence-corrected chi connectivity index (χ2v) is 13.5. The van der Waals surface area contributed by atoms with Crippen molar-refractivity contribution in [3.63, 3.8) is 0 Å². The Bertz CT molecular complexity index is 2400. The molecule has 58 heavy (non-hydrogen) atoms. The van der Waals surface area contributed by atoms with Gasteiger partial charge in [0, 0.05) is 55.1 Å². The number of pyridine rings is 1. The summed E-state index contributed by atoms with van der Waals surface area (Å²) in [5, 5.41) is 4.36. The average Bonchev–Trinajstić information content (AvgIpc) is 3.24. The highest BCUT2D eigenvalue weighted by molar-refractivity contribution is 7.98. The summed E-state index contributed by atoms with van der Waals surface area (Å²) >= 11 is 1.44. The van der Waals surface area contributed by atoms with Crippen molar-refractivity contribution in [1.82, 2.24) is 24.5 Å². The zero-order valence-electron chi connectivity index (χ0n) is 34.5. The van der Waals surface area contributed by atoms with E-state index in [0.29, 0.717) is 56.6 Å². The minimum absolute atomic E-state index is 0.136. The number of rotatable bonds is 11. The number of fused-ring (bicyclic) bond motifs is 1. The Balaban J connectivity index is 0.000000198. The number of hydrogen-bond donors (Lipinski definition) is 1. The maximum absolute atomic E-state index is 12.8. The van der Waals surface area contributed by atoms with Crippen molar-refractivity contribution in [2.75, 3.05) is 54.2 Å². The number of ether oxygens (including phenoxy) is 5. The lowest BCUT2D eigenvalue weighted by Gasteiger charge is -2.11. The smallest absolute Gasteiger partial charge is 0.309 e. The summed E-state index contributed by atoms with van der Waals surface area (Å²) in [6.45, 7) is 6.16. The molecule has 0 saturated carbocycles. The van der Waals surface area contributed by atoms with Crippen LogP contribution in [0.15, 0.2) is 76.9 Å². The number of carbonyl (C=O) groups excluding carboxylic acids is 2. The third-order valence-electron chi connectivity index (χ3n) is 8.84. The van der Waals surface area contributed by atoms with Gasteiger partial charge in [-0.3, -0.25) is 19.0 Å². The van der Waals surface area contributed by atoms with E-state index < -0.39 is 0 Å². The van der Waals surface area contributed by atoms with Crippen molar-refractivity contribution in [2.45, 2.75) is 32.3 Å². The van der Waals surface area contributed by atoms with Crippen LogP contribution in [0.25, 0.3) is 33.5 Å². The number of nitrogens with zero attached hydrogens (tertiary/aromatic N) is 5. The van der Waals surface area contributed by atoms with Crippen molar-refractivity contribution in [2.24, 2.45) is 7.05 Å². The Morgan fingerprint density at radius 2 is 1.36 bits per heavy atom. The van der Waals surface area contributed by atoms with E-state index in [1.54, 1.807) is 85.3 Å². The normalized spacial score (nSPS) is 10.3. The molecule has 0 fully saturated rings. The number of carbonyl (C=O) groups is 2. The number of aromatic nitrogens is 5. The number of anilines is 1. The topological polar surface area (TPSA) is 166 Å². The second kappa shape index (κ2) is 20.6. The highest BCUT2D eigenvalue weighted by Crippen LogP contribution is 2.30. The molecule has 15 heteroatoms. The highest BCUT2D eigenvalue weighted by Gasteiger charge is 2.15. The molecular formula is C43H48N6O8S. The standard InChI is InChI=1S/C17H17N3O3S.C15H17N3O.C11H14O4/c1-20-15-11(9-18-17(19-15)24-4)7-14(16(20)21)10-5-12(22-2)8-13(6-10)23-3;1-9-5-10(2)13(11(3)6-9)15-17-7-12(8-19)14(16-4)18-15;1-13-9-4-8(6-11(12)15-3)5-10(7-9)14-2/h5-9H,1-4H3;5-8H,1-4H3,(H,16,17,18);4-5,7H,6H2,1-3H3. The first-order valence-electron chi connectivity index (χ1n) is 17.8. The van der Waals surface area contributed by atoms with Gasteiger partial charge in [0.05, 0.1) is 47.5 Å². The largest absolute Gasteiger partial charge is 0.497 e. The molecule has 6 aromatic rings. The Morgan fingerprint density at radius 3 is 1.86 bits per heavy atom. The third kappa shape index (κ3) is 10.9. The van der Waals surface area contributed by atoms with E-state index in [9.17, 15) is 14.4 Å². The molecule has 3 heterocycles. The predicted octanol–water partition coefficient (Wildman–Crippen LogP) is 7.08. The van der Waals surface area contributed by atoms with Crippen LogP contribution >= 0.6 is 11.8 Å². The number of hydrogen-bond acceptors (Lipinski definition) is 14. The highest BCUT2D eigenvalue weighted by atomic mass is 32.2. The van der Waals surface area contributed by atoms with Crippen LogP contribution in [0.3, 0.4) is 0 Å². The summed E-state index contributed by atoms with van der Waals surface area (Å²) in [6.07, 6.45) is 6.15. The quantitative estimate of drug-likeness (QED) is 0.0611. The summed E-state index contributed by atoms with van der Waals surface area (Å²) in [7, 11) is 11.1. The number of benzene rings is 3. The molecule has 304 valence electrons. The second-order valence-electron chi connectivity index (χ2n) is 12.8. The Kier molecular flexibility index (Phi) is 15.7. The van der Waals surface area contributed by atoms with Gasteiger partial charge in [0.25, 0.3) is 5.56 Å². The Hall–Kier alpha value is -6.48. The van der Waals surface area contributed by atoms with Crippen molar-refractivity contribution in [3.8, 4) is 45.5 Å². The van der Waals surface area contributed by atoms with Gasteiger partial charge in [0.1, 0.15) is 34.5 Å². The molecule has 0 bridgehead atoms. The van der Waals surface area contributed by atoms with Gasteiger partial charge in [-0.2, -0.15) is 0 Å². The lowest BCUT2D eigenvalue weighted by molar-refractivity contribution is -0.139. The fraction of sp³-hybridized carbons (Fsp3) is 0.279. The van der Waals surface area contributed by atoms with Crippen LogP contribution in [-0.4, -0.2) is 85.6 Å². The molecule has 1 N–H and O–H groups in total. The SMILES string of the molecule is CNc1nc(-c2c(C)cc(C)cc2C)ncc1C=O.COC(=O)Cc1cc(OC)cc(OC)c1.COc1cc(OC)cc(-c2cc3cnc(SC)nc3n(C)c2=O)c1. The molecule has 0 aliphatic carbocycles. The molecule has 6 rings (SSSR count). The predicted molar refractivity (Wildman–Crippen MR) is 227 cm³/mol. The van der Waals surface area contributed by atoms with E-state index in [-0.39, 0.29) is 17.9 Å². The summed E-state index contributed by atoms with van der Waals surface area (Å²) < 4.78 is 26.9. The molecule has 3 aromatic heterocycles. The van der Waals surface area contributed by atoms with Crippen LogP contribution in [0, 0.1) is 20.8 Å². The molecular weight excluding hydrogens is 761 g/mol. The van der Waals surface area contributed by atoms with E-state index in [0.717, 1.165) is 39.5 Å². The average molecular weight is 809 g/mol. The van der Waals surface area contributed by atoms with Gasteiger partial charge in [-0.25, -0.2) is 19.9 Å². The summed E-state index contributed by atoms with van der Waals surface area (Å²) in [5.74, 6) is 3.48. The molecule has 0 unspecified atom stereocenters. The van der Waals surface area contributed by atoms with E-state index in [1.807, 2.05) is 32.2 Å². The lowest BCUT2D eigenvalue weighted by atomic mass is 9.99. The van der Waals surface area contributed by atoms with Gasteiger partial charge in [-0.15, -0.1) is 0 Å². The molecule has 0 aliphatic heterocycles. The fourth-order valence-corrected chi connectivity index (χ4v) is 6.37. The van der Waals surface area contributed by atoms with Gasteiger partial charge >= 0.3 is 5.97 Å². The van der Waals surface area contributed by atoms with Crippen LogP contribution in [0.5, 0.6) is 23.0 Å². The number of aldehydes is 1. The first-order chi connectivity index (χ1) is 27.8.